The van der Waals surface area contributed by atoms with Crippen molar-refractivity contribution in [2.45, 2.75) is 14.4 Å². The molecule has 148 valence electrons. The monoisotopic (exact) mass is 445 g/mol. The van der Waals surface area contributed by atoms with Crippen LogP contribution in [0.25, 0.3) is 0 Å². The molecule has 8 nitrogen and oxygen atoms in total. The van der Waals surface area contributed by atoms with Crippen molar-refractivity contribution in [2.24, 2.45) is 5.10 Å². The fraction of sp³-hybridized carbons (Fsp3) is 0.111. The average Bonchev–Trinajstić information content (AvgIpc) is 3.20. The summed E-state index contributed by atoms with van der Waals surface area (Å²) in [6.07, 6.45) is 1.25. The summed E-state index contributed by atoms with van der Waals surface area (Å²) < 4.78 is 1.53. The smallest absolute Gasteiger partial charge is 0.272 e. The fourth-order valence-corrected chi connectivity index (χ4v) is 4.90. The quantitative estimate of drug-likeness (QED) is 0.229. The van der Waals surface area contributed by atoms with Gasteiger partial charge in [-0.05, 0) is 11.6 Å². The Morgan fingerprint density at radius 3 is 2.55 bits per heavy atom. The van der Waals surface area contributed by atoms with Crippen LogP contribution in [-0.2, 0) is 10.5 Å². The van der Waals surface area contributed by atoms with Crippen LogP contribution in [0.2, 0.25) is 0 Å². The molecular formula is C18H15N5O3S3. The van der Waals surface area contributed by atoms with Gasteiger partial charge in [-0.3, -0.25) is 14.9 Å². The Bertz CT molecular complexity index is 1010. The molecule has 11 heteroatoms. The van der Waals surface area contributed by atoms with Gasteiger partial charge in [0.05, 0.1) is 22.5 Å². The number of nitro groups is 1. The van der Waals surface area contributed by atoms with Gasteiger partial charge in [0.25, 0.3) is 11.6 Å². The highest BCUT2D eigenvalue weighted by Crippen LogP contribution is 2.30. The first kappa shape index (κ1) is 21.0. The second kappa shape index (κ2) is 10.7. The van der Waals surface area contributed by atoms with Gasteiger partial charge in [-0.15, -0.1) is 10.2 Å². The summed E-state index contributed by atoms with van der Waals surface area (Å²) in [6.45, 7) is 0. The zero-order chi connectivity index (χ0) is 20.5. The number of nitrogens with one attached hydrogen (secondary N) is 1. The van der Waals surface area contributed by atoms with E-state index in [0.717, 1.165) is 10.1 Å². The number of thioether (sulfide) groups is 2. The Morgan fingerprint density at radius 2 is 1.79 bits per heavy atom. The van der Waals surface area contributed by atoms with Crippen LogP contribution in [0.15, 0.2) is 68.4 Å². The molecule has 3 aromatic rings. The SMILES string of the molecule is O=C(CSc1nnc(SCc2ccccc2)s1)NN=Cc1ccccc1[N+](=O)[O-]. The molecule has 3 rings (SSSR count). The van der Waals surface area contributed by atoms with Crippen LogP contribution in [0.3, 0.4) is 0 Å². The number of hydrazone groups is 1. The maximum atomic E-state index is 11.9. The number of aromatic nitrogens is 2. The standard InChI is InChI=1S/C18H15N5O3S3/c24-16(20-19-10-14-8-4-5-9-15(14)23(25)26)12-28-18-22-21-17(29-18)27-11-13-6-2-1-3-7-13/h1-10H,11-12H2,(H,20,24). The summed E-state index contributed by atoms with van der Waals surface area (Å²) in [4.78, 5) is 22.4. The highest BCUT2D eigenvalue weighted by molar-refractivity contribution is 8.03. The van der Waals surface area contributed by atoms with Crippen LogP contribution >= 0.6 is 34.9 Å². The van der Waals surface area contributed by atoms with Crippen LogP contribution in [-0.4, -0.2) is 33.0 Å². The number of hydrogen-bond acceptors (Lipinski definition) is 9. The molecule has 0 unspecified atom stereocenters. The van der Waals surface area contributed by atoms with Crippen LogP contribution < -0.4 is 5.43 Å². The molecule has 1 amide bonds. The first-order chi connectivity index (χ1) is 14.1. The van der Waals surface area contributed by atoms with Crippen molar-refractivity contribution in [1.82, 2.24) is 15.6 Å². The first-order valence-corrected chi connectivity index (χ1v) is 11.1. The minimum absolute atomic E-state index is 0.0748. The number of rotatable bonds is 9. The minimum Gasteiger partial charge on any atom is -0.272 e. The van der Waals surface area contributed by atoms with Crippen molar-refractivity contribution in [2.75, 3.05) is 5.75 Å². The van der Waals surface area contributed by atoms with Crippen molar-refractivity contribution < 1.29 is 9.72 Å². The molecule has 29 heavy (non-hydrogen) atoms. The molecule has 0 saturated carbocycles. The molecule has 0 aliphatic carbocycles. The Balaban J connectivity index is 1.44. The maximum absolute atomic E-state index is 11.9. The summed E-state index contributed by atoms with van der Waals surface area (Å²) in [5, 5.41) is 22.9. The molecule has 1 aromatic heterocycles. The van der Waals surface area contributed by atoms with E-state index >= 15 is 0 Å². The number of carbonyl (C=O) groups excluding carboxylic acids is 1. The number of benzene rings is 2. The molecule has 0 aliphatic rings. The Morgan fingerprint density at radius 1 is 1.10 bits per heavy atom. The molecule has 1 N–H and O–H groups in total. The lowest BCUT2D eigenvalue weighted by atomic mass is 10.2. The van der Waals surface area contributed by atoms with Gasteiger partial charge in [0.2, 0.25) is 0 Å². The topological polar surface area (TPSA) is 110 Å². The van der Waals surface area contributed by atoms with E-state index in [1.165, 1.54) is 40.9 Å². The van der Waals surface area contributed by atoms with Gasteiger partial charge in [0.1, 0.15) is 0 Å². The highest BCUT2D eigenvalue weighted by Gasteiger charge is 2.11. The first-order valence-electron chi connectivity index (χ1n) is 8.30. The van der Waals surface area contributed by atoms with Gasteiger partial charge in [-0.2, -0.15) is 5.10 Å². The van der Waals surface area contributed by atoms with E-state index in [9.17, 15) is 14.9 Å². The molecular weight excluding hydrogens is 430 g/mol. The van der Waals surface area contributed by atoms with Crippen LogP contribution in [0, 0.1) is 10.1 Å². The average molecular weight is 446 g/mol. The fourth-order valence-electron chi connectivity index (χ4n) is 2.13. The molecule has 2 aromatic carbocycles. The van der Waals surface area contributed by atoms with Crippen LogP contribution in [0.5, 0.6) is 0 Å². The molecule has 1 heterocycles. The number of hydrogen-bond donors (Lipinski definition) is 1. The van der Waals surface area contributed by atoms with Gasteiger partial charge < -0.3 is 0 Å². The zero-order valence-electron chi connectivity index (χ0n) is 14.9. The van der Waals surface area contributed by atoms with Crippen LogP contribution in [0.1, 0.15) is 11.1 Å². The Labute approximate surface area is 179 Å². The lowest BCUT2D eigenvalue weighted by Crippen LogP contribution is -2.19. The van der Waals surface area contributed by atoms with Crippen molar-refractivity contribution >= 4 is 52.7 Å². The number of carbonyl (C=O) groups is 1. The highest BCUT2D eigenvalue weighted by atomic mass is 32.2. The van der Waals surface area contributed by atoms with Crippen LogP contribution in [0.4, 0.5) is 5.69 Å². The van der Waals surface area contributed by atoms with E-state index in [2.05, 4.69) is 32.9 Å². The summed E-state index contributed by atoms with van der Waals surface area (Å²) >= 11 is 4.29. The zero-order valence-corrected chi connectivity index (χ0v) is 17.4. The van der Waals surface area contributed by atoms with E-state index in [4.69, 9.17) is 0 Å². The van der Waals surface area contributed by atoms with Gasteiger partial charge in [-0.25, -0.2) is 5.43 Å². The summed E-state index contributed by atoms with van der Waals surface area (Å²) in [6, 6.07) is 16.2. The van der Waals surface area contributed by atoms with Gasteiger partial charge >= 0.3 is 0 Å². The Kier molecular flexibility index (Phi) is 7.73. The van der Waals surface area contributed by atoms with Crippen molar-refractivity contribution in [3.63, 3.8) is 0 Å². The summed E-state index contributed by atoms with van der Waals surface area (Å²) in [7, 11) is 0. The Hall–Kier alpha value is -2.76. The molecule has 0 radical (unpaired) electrons. The molecule has 0 aliphatic heterocycles. The largest absolute Gasteiger partial charge is 0.278 e. The molecule has 0 saturated heterocycles. The second-order valence-electron chi connectivity index (χ2n) is 5.51. The van der Waals surface area contributed by atoms with E-state index < -0.39 is 4.92 Å². The summed E-state index contributed by atoms with van der Waals surface area (Å²) in [5.41, 5.74) is 3.81. The third-order valence-corrected chi connectivity index (χ3v) is 6.71. The molecule has 0 fully saturated rings. The molecule has 0 spiro atoms. The van der Waals surface area contributed by atoms with E-state index in [0.29, 0.717) is 9.90 Å². The number of para-hydroxylation sites is 1. The number of nitrogens with zero attached hydrogens (tertiary/aromatic N) is 4. The normalized spacial score (nSPS) is 10.9. The lowest BCUT2D eigenvalue weighted by molar-refractivity contribution is -0.385. The van der Waals surface area contributed by atoms with Gasteiger partial charge in [0.15, 0.2) is 8.68 Å². The lowest BCUT2D eigenvalue weighted by Gasteiger charge is -1.98. The van der Waals surface area contributed by atoms with E-state index in [-0.39, 0.29) is 17.3 Å². The van der Waals surface area contributed by atoms with Crippen molar-refractivity contribution in [3.05, 3.63) is 75.8 Å². The summed E-state index contributed by atoms with van der Waals surface area (Å²) in [5.74, 6) is 0.589. The number of amides is 1. The van der Waals surface area contributed by atoms with Gasteiger partial charge in [0, 0.05) is 11.8 Å². The minimum atomic E-state index is -0.498. The molecule has 0 bridgehead atoms. The second-order valence-corrected chi connectivity index (χ2v) is 8.93. The van der Waals surface area contributed by atoms with E-state index in [1.807, 2.05) is 18.2 Å². The third-order valence-electron chi connectivity index (χ3n) is 3.45. The predicted molar refractivity (Wildman–Crippen MR) is 115 cm³/mol. The third kappa shape index (κ3) is 6.66. The van der Waals surface area contributed by atoms with Crippen molar-refractivity contribution in [1.29, 1.82) is 0 Å². The predicted octanol–water partition coefficient (Wildman–Crippen LogP) is 3.98. The van der Waals surface area contributed by atoms with E-state index in [1.54, 1.807) is 30.0 Å². The maximum Gasteiger partial charge on any atom is 0.278 e. The van der Waals surface area contributed by atoms with Crippen molar-refractivity contribution in [3.8, 4) is 0 Å². The molecule has 0 atom stereocenters. The van der Waals surface area contributed by atoms with Gasteiger partial charge in [-0.1, -0.05) is 77.3 Å². The number of nitro benzene ring substituents is 1.